The van der Waals surface area contributed by atoms with Crippen LogP contribution < -0.4 is 10.6 Å². The molecule has 4 rings (SSSR count). The van der Waals surface area contributed by atoms with Crippen LogP contribution in [-0.2, 0) is 11.3 Å². The third-order valence-corrected chi connectivity index (χ3v) is 7.28. The van der Waals surface area contributed by atoms with Crippen LogP contribution in [-0.4, -0.2) is 35.7 Å². The highest BCUT2D eigenvalue weighted by Gasteiger charge is 2.28. The van der Waals surface area contributed by atoms with Crippen molar-refractivity contribution in [2.45, 2.75) is 39.7 Å². The lowest BCUT2D eigenvalue weighted by atomic mass is 10.0. The van der Waals surface area contributed by atoms with Gasteiger partial charge in [0.05, 0.1) is 5.56 Å². The third kappa shape index (κ3) is 5.37. The van der Waals surface area contributed by atoms with Crippen molar-refractivity contribution >= 4 is 34.1 Å². The second-order valence-corrected chi connectivity index (χ2v) is 9.56. The van der Waals surface area contributed by atoms with Gasteiger partial charge in [0.25, 0.3) is 11.8 Å². The molecule has 0 saturated carbocycles. The van der Waals surface area contributed by atoms with Crippen LogP contribution in [0.25, 0.3) is 10.4 Å². The molecule has 0 aliphatic carbocycles. The number of rotatable bonds is 6. The molecule has 1 aliphatic heterocycles. The molecule has 0 unspecified atom stereocenters. The predicted octanol–water partition coefficient (Wildman–Crippen LogP) is 5.24. The summed E-state index contributed by atoms with van der Waals surface area (Å²) in [7, 11) is 0. The maximum absolute atomic E-state index is 13.5. The Bertz CT molecular complexity index is 1180. The molecule has 1 aliphatic rings. The zero-order chi connectivity index (χ0) is 24.1. The van der Waals surface area contributed by atoms with Crippen molar-refractivity contribution in [3.05, 3.63) is 76.9 Å². The van der Waals surface area contributed by atoms with E-state index in [1.165, 1.54) is 18.3 Å². The summed E-state index contributed by atoms with van der Waals surface area (Å²) in [5, 5.41) is 6.34. The molecule has 1 aromatic heterocycles. The second kappa shape index (κ2) is 10.7. The molecule has 3 amide bonds. The predicted molar refractivity (Wildman–Crippen MR) is 136 cm³/mol. The zero-order valence-electron chi connectivity index (χ0n) is 19.5. The Balaban J connectivity index is 1.62. The minimum Gasteiger partial charge on any atom is -0.352 e. The zero-order valence-corrected chi connectivity index (χ0v) is 20.3. The minimum atomic E-state index is -0.264. The number of hydrogen-bond donors (Lipinski definition) is 2. The molecule has 34 heavy (non-hydrogen) atoms. The number of amides is 3. The van der Waals surface area contributed by atoms with Gasteiger partial charge in [0.2, 0.25) is 5.91 Å². The first-order valence-corrected chi connectivity index (χ1v) is 12.4. The van der Waals surface area contributed by atoms with Gasteiger partial charge in [-0.15, -0.1) is 11.3 Å². The van der Waals surface area contributed by atoms with Gasteiger partial charge in [0, 0.05) is 37.0 Å². The van der Waals surface area contributed by atoms with E-state index in [1.807, 2.05) is 54.3 Å². The summed E-state index contributed by atoms with van der Waals surface area (Å²) in [6.45, 7) is 5.34. The Morgan fingerprint density at radius 1 is 0.941 bits per heavy atom. The highest BCUT2D eigenvalue weighted by Crippen LogP contribution is 2.41. The maximum Gasteiger partial charge on any atom is 0.257 e. The Morgan fingerprint density at radius 2 is 1.62 bits per heavy atom. The highest BCUT2D eigenvalue weighted by atomic mass is 32.1. The summed E-state index contributed by atoms with van der Waals surface area (Å²) >= 11 is 1.44. The second-order valence-electron chi connectivity index (χ2n) is 8.54. The number of carbonyl (C=O) groups excluding carboxylic acids is 3. The molecular formula is C27H29N3O3S. The van der Waals surface area contributed by atoms with Gasteiger partial charge in [0.15, 0.2) is 0 Å². The summed E-state index contributed by atoms with van der Waals surface area (Å²) in [5.41, 5.74) is 3.91. The number of nitrogens with one attached hydrogen (secondary N) is 2. The molecule has 1 saturated heterocycles. The van der Waals surface area contributed by atoms with Gasteiger partial charge in [-0.05, 0) is 55.0 Å². The summed E-state index contributed by atoms with van der Waals surface area (Å²) < 4.78 is 0. The molecule has 0 bridgehead atoms. The highest BCUT2D eigenvalue weighted by molar-refractivity contribution is 7.20. The van der Waals surface area contributed by atoms with Crippen LogP contribution in [0.15, 0.2) is 54.6 Å². The average Bonchev–Trinajstić information content (AvgIpc) is 3.19. The number of hydrogen-bond acceptors (Lipinski definition) is 4. The summed E-state index contributed by atoms with van der Waals surface area (Å²) in [4.78, 5) is 40.6. The van der Waals surface area contributed by atoms with Crippen molar-refractivity contribution in [1.82, 2.24) is 10.2 Å². The monoisotopic (exact) mass is 475 g/mol. The molecule has 1 fully saturated rings. The molecule has 0 atom stereocenters. The first kappa shape index (κ1) is 23.7. The number of nitrogens with zero attached hydrogens (tertiary/aromatic N) is 1. The van der Waals surface area contributed by atoms with E-state index in [0.717, 1.165) is 53.9 Å². The number of piperidine rings is 1. The van der Waals surface area contributed by atoms with Crippen LogP contribution in [0.4, 0.5) is 5.00 Å². The Hall–Kier alpha value is -3.45. The molecule has 176 valence electrons. The Kier molecular flexibility index (Phi) is 7.43. The van der Waals surface area contributed by atoms with Crippen molar-refractivity contribution in [2.24, 2.45) is 0 Å². The van der Waals surface area contributed by atoms with E-state index < -0.39 is 0 Å². The fourth-order valence-electron chi connectivity index (χ4n) is 4.15. The fourth-order valence-corrected chi connectivity index (χ4v) is 5.35. The fraction of sp³-hybridized carbons (Fsp3) is 0.296. The lowest BCUT2D eigenvalue weighted by Crippen LogP contribution is -2.36. The SMILES string of the molecule is CC(=O)NCc1ccc(C(=O)Nc2sc(-c3ccccc3)c(C)c2C(=O)N2CCCCC2)cc1. The molecule has 2 N–H and O–H groups in total. The number of benzene rings is 2. The molecule has 3 aromatic rings. The van der Waals surface area contributed by atoms with Crippen molar-refractivity contribution < 1.29 is 14.4 Å². The number of carbonyl (C=O) groups is 3. The van der Waals surface area contributed by atoms with Gasteiger partial charge in [-0.3, -0.25) is 14.4 Å². The van der Waals surface area contributed by atoms with Gasteiger partial charge in [-0.25, -0.2) is 0 Å². The first-order valence-electron chi connectivity index (χ1n) is 11.6. The van der Waals surface area contributed by atoms with E-state index >= 15 is 0 Å². The van der Waals surface area contributed by atoms with E-state index in [4.69, 9.17) is 0 Å². The van der Waals surface area contributed by atoms with Crippen molar-refractivity contribution in [2.75, 3.05) is 18.4 Å². The van der Waals surface area contributed by atoms with Crippen LogP contribution in [0.3, 0.4) is 0 Å². The number of likely N-dealkylation sites (tertiary alicyclic amines) is 1. The molecule has 7 heteroatoms. The molecule has 2 heterocycles. The van der Waals surface area contributed by atoms with Gasteiger partial charge >= 0.3 is 0 Å². The molecular weight excluding hydrogens is 446 g/mol. The lowest BCUT2D eigenvalue weighted by molar-refractivity contribution is -0.119. The standard InChI is InChI=1S/C27H29N3O3S/c1-18-23(27(33)30-15-7-4-8-16-30)26(34-24(18)21-9-5-3-6-10-21)29-25(32)22-13-11-20(12-14-22)17-28-19(2)31/h3,5-6,9-14H,4,7-8,15-17H2,1-2H3,(H,28,31)(H,29,32). The van der Waals surface area contributed by atoms with Crippen molar-refractivity contribution in [3.63, 3.8) is 0 Å². The van der Waals surface area contributed by atoms with Crippen LogP contribution >= 0.6 is 11.3 Å². The van der Waals surface area contributed by atoms with E-state index in [-0.39, 0.29) is 17.7 Å². The summed E-state index contributed by atoms with van der Waals surface area (Å²) in [5.74, 6) is -0.383. The van der Waals surface area contributed by atoms with Crippen LogP contribution in [0.2, 0.25) is 0 Å². The topological polar surface area (TPSA) is 78.5 Å². The summed E-state index contributed by atoms with van der Waals surface area (Å²) in [6.07, 6.45) is 3.16. The van der Waals surface area contributed by atoms with Gasteiger partial charge in [0.1, 0.15) is 5.00 Å². The van der Waals surface area contributed by atoms with Crippen molar-refractivity contribution in [3.8, 4) is 10.4 Å². The van der Waals surface area contributed by atoms with Crippen LogP contribution in [0, 0.1) is 6.92 Å². The first-order chi connectivity index (χ1) is 16.4. The van der Waals surface area contributed by atoms with E-state index in [9.17, 15) is 14.4 Å². The van der Waals surface area contributed by atoms with Gasteiger partial charge in [-0.2, -0.15) is 0 Å². The van der Waals surface area contributed by atoms with E-state index in [1.54, 1.807) is 12.1 Å². The number of thiophene rings is 1. The number of anilines is 1. The smallest absolute Gasteiger partial charge is 0.257 e. The average molecular weight is 476 g/mol. The molecule has 0 radical (unpaired) electrons. The van der Waals surface area contributed by atoms with Gasteiger partial charge in [-0.1, -0.05) is 42.5 Å². The Morgan fingerprint density at radius 3 is 2.26 bits per heavy atom. The normalized spacial score (nSPS) is 13.4. The Labute approximate surface area is 204 Å². The summed E-state index contributed by atoms with van der Waals surface area (Å²) in [6, 6.07) is 17.1. The van der Waals surface area contributed by atoms with E-state index in [2.05, 4.69) is 10.6 Å². The maximum atomic E-state index is 13.5. The van der Waals surface area contributed by atoms with Crippen molar-refractivity contribution in [1.29, 1.82) is 0 Å². The molecule has 2 aromatic carbocycles. The van der Waals surface area contributed by atoms with Crippen LogP contribution in [0.5, 0.6) is 0 Å². The van der Waals surface area contributed by atoms with E-state index in [0.29, 0.717) is 22.7 Å². The largest absolute Gasteiger partial charge is 0.352 e. The van der Waals surface area contributed by atoms with Crippen LogP contribution in [0.1, 0.15) is 58.0 Å². The quantitative estimate of drug-likeness (QED) is 0.512. The molecule has 0 spiro atoms. The minimum absolute atomic E-state index is 0.0170. The lowest BCUT2D eigenvalue weighted by Gasteiger charge is -2.27. The molecule has 6 nitrogen and oxygen atoms in total. The third-order valence-electron chi connectivity index (χ3n) is 6.02. The van der Waals surface area contributed by atoms with Gasteiger partial charge < -0.3 is 15.5 Å².